The molecule has 0 atom stereocenters. The fraction of sp³-hybridized carbons (Fsp3) is 0.176. The van der Waals surface area contributed by atoms with E-state index in [2.05, 4.69) is 53.5 Å². The van der Waals surface area contributed by atoms with Gasteiger partial charge < -0.3 is 4.98 Å². The Labute approximate surface area is 106 Å². The molecule has 1 nitrogen and oxygen atoms in total. The summed E-state index contributed by atoms with van der Waals surface area (Å²) in [5.41, 5.74) is 6.98. The van der Waals surface area contributed by atoms with Gasteiger partial charge in [-0.25, -0.2) is 0 Å². The highest BCUT2D eigenvalue weighted by molar-refractivity contribution is 5.98. The quantitative estimate of drug-likeness (QED) is 0.644. The Morgan fingerprint density at radius 2 is 1.72 bits per heavy atom. The van der Waals surface area contributed by atoms with E-state index in [4.69, 9.17) is 0 Å². The number of hydrogen-bond donors (Lipinski definition) is 1. The molecule has 4 rings (SSSR count). The first-order valence-corrected chi connectivity index (χ1v) is 6.61. The minimum Gasteiger partial charge on any atom is -0.358 e. The first kappa shape index (κ1) is 9.95. The Hall–Kier alpha value is -2.02. The zero-order valence-electron chi connectivity index (χ0n) is 10.2. The van der Waals surface area contributed by atoms with Crippen molar-refractivity contribution >= 4 is 10.9 Å². The van der Waals surface area contributed by atoms with E-state index < -0.39 is 0 Å². The van der Waals surface area contributed by atoms with Crippen molar-refractivity contribution in [3.05, 3.63) is 59.8 Å². The molecule has 0 saturated carbocycles. The molecule has 0 unspecified atom stereocenters. The topological polar surface area (TPSA) is 15.8 Å². The van der Waals surface area contributed by atoms with E-state index in [1.54, 1.807) is 5.56 Å². The van der Waals surface area contributed by atoms with Crippen LogP contribution < -0.4 is 0 Å². The molecule has 1 N–H and O–H groups in total. The lowest BCUT2D eigenvalue weighted by Crippen LogP contribution is -1.82. The lowest BCUT2D eigenvalue weighted by molar-refractivity contribution is 0.899. The van der Waals surface area contributed by atoms with Gasteiger partial charge in [0, 0.05) is 16.6 Å². The lowest BCUT2D eigenvalue weighted by atomic mass is 9.98. The molecule has 1 aromatic heterocycles. The first-order valence-electron chi connectivity index (χ1n) is 6.61. The van der Waals surface area contributed by atoms with E-state index in [0.717, 1.165) is 0 Å². The molecule has 1 aliphatic carbocycles. The molecule has 88 valence electrons. The number of hydrogen-bond acceptors (Lipinski definition) is 0. The van der Waals surface area contributed by atoms with Crippen molar-refractivity contribution in [3.63, 3.8) is 0 Å². The highest BCUT2D eigenvalue weighted by Gasteiger charge is 2.19. The summed E-state index contributed by atoms with van der Waals surface area (Å²) in [6, 6.07) is 17.3. The highest BCUT2D eigenvalue weighted by atomic mass is 14.7. The van der Waals surface area contributed by atoms with Crippen LogP contribution >= 0.6 is 0 Å². The van der Waals surface area contributed by atoms with E-state index in [1.165, 1.54) is 47.0 Å². The molecular weight excluding hydrogens is 218 g/mol. The Bertz CT molecular complexity index is 707. The van der Waals surface area contributed by atoms with Gasteiger partial charge in [-0.15, -0.1) is 0 Å². The fourth-order valence-corrected chi connectivity index (χ4v) is 3.16. The maximum Gasteiger partial charge on any atom is 0.0465 e. The van der Waals surface area contributed by atoms with Crippen LogP contribution in [0.25, 0.3) is 22.0 Å². The summed E-state index contributed by atoms with van der Waals surface area (Å²) >= 11 is 0. The Morgan fingerprint density at radius 3 is 2.61 bits per heavy atom. The largest absolute Gasteiger partial charge is 0.358 e. The number of aromatic amines is 1. The molecule has 3 aromatic rings. The Kier molecular flexibility index (Phi) is 2.07. The summed E-state index contributed by atoms with van der Waals surface area (Å²) in [7, 11) is 0. The summed E-state index contributed by atoms with van der Waals surface area (Å²) in [5.74, 6) is 0. The first-order chi connectivity index (χ1) is 8.93. The molecule has 0 aliphatic heterocycles. The van der Waals surface area contributed by atoms with Crippen LogP contribution in [0.4, 0.5) is 0 Å². The fourth-order valence-electron chi connectivity index (χ4n) is 3.16. The number of benzene rings is 2. The van der Waals surface area contributed by atoms with Gasteiger partial charge in [-0.1, -0.05) is 42.5 Å². The minimum absolute atomic E-state index is 1.21. The van der Waals surface area contributed by atoms with Crippen LogP contribution in [-0.2, 0) is 12.8 Å². The average Bonchev–Trinajstić information content (AvgIpc) is 2.99. The molecule has 1 heterocycles. The number of rotatable bonds is 1. The molecular formula is C17H15N. The number of aromatic nitrogens is 1. The third-order valence-corrected chi connectivity index (χ3v) is 3.95. The number of nitrogens with one attached hydrogen (secondary N) is 1. The predicted octanol–water partition coefficient (Wildman–Crippen LogP) is 4.32. The summed E-state index contributed by atoms with van der Waals surface area (Å²) in [5, 5.41) is 1.44. The van der Waals surface area contributed by atoms with E-state index >= 15 is 0 Å². The third kappa shape index (κ3) is 1.34. The van der Waals surface area contributed by atoms with Crippen LogP contribution in [0.1, 0.15) is 17.7 Å². The molecule has 18 heavy (non-hydrogen) atoms. The minimum atomic E-state index is 1.21. The second-order valence-electron chi connectivity index (χ2n) is 5.03. The number of aryl methyl sites for hydroxylation is 2. The van der Waals surface area contributed by atoms with Gasteiger partial charge in [0.1, 0.15) is 0 Å². The van der Waals surface area contributed by atoms with Crippen LogP contribution in [0.15, 0.2) is 48.5 Å². The van der Waals surface area contributed by atoms with Gasteiger partial charge in [0.2, 0.25) is 0 Å². The van der Waals surface area contributed by atoms with E-state index in [1.807, 2.05) is 0 Å². The average molecular weight is 233 g/mol. The second kappa shape index (κ2) is 3.74. The molecule has 0 bridgehead atoms. The van der Waals surface area contributed by atoms with Gasteiger partial charge in [0.15, 0.2) is 0 Å². The second-order valence-corrected chi connectivity index (χ2v) is 5.03. The van der Waals surface area contributed by atoms with Crippen molar-refractivity contribution < 1.29 is 0 Å². The van der Waals surface area contributed by atoms with Gasteiger partial charge in [-0.3, -0.25) is 0 Å². The molecule has 0 amide bonds. The zero-order chi connectivity index (χ0) is 11.9. The van der Waals surface area contributed by atoms with Gasteiger partial charge in [0.25, 0.3) is 0 Å². The van der Waals surface area contributed by atoms with Crippen molar-refractivity contribution in [2.45, 2.75) is 19.3 Å². The highest BCUT2D eigenvalue weighted by Crippen LogP contribution is 2.36. The smallest absolute Gasteiger partial charge is 0.0465 e. The monoisotopic (exact) mass is 233 g/mol. The van der Waals surface area contributed by atoms with E-state index in [0.29, 0.717) is 0 Å². The van der Waals surface area contributed by atoms with Gasteiger partial charge in [-0.05, 0) is 42.0 Å². The van der Waals surface area contributed by atoms with Crippen LogP contribution in [0, 0.1) is 0 Å². The van der Waals surface area contributed by atoms with E-state index in [-0.39, 0.29) is 0 Å². The Morgan fingerprint density at radius 1 is 0.833 bits per heavy atom. The van der Waals surface area contributed by atoms with Gasteiger partial charge >= 0.3 is 0 Å². The maximum atomic E-state index is 3.59. The van der Waals surface area contributed by atoms with E-state index in [9.17, 15) is 0 Å². The van der Waals surface area contributed by atoms with Gasteiger partial charge in [-0.2, -0.15) is 0 Å². The van der Waals surface area contributed by atoms with Crippen LogP contribution in [0.2, 0.25) is 0 Å². The SMILES string of the molecule is c1ccc(-c2cccc3[nH]c4c(c23)CCC4)cc1. The maximum absolute atomic E-state index is 3.59. The summed E-state index contributed by atoms with van der Waals surface area (Å²) in [4.78, 5) is 3.59. The molecule has 0 saturated heterocycles. The van der Waals surface area contributed by atoms with Crippen molar-refractivity contribution in [1.82, 2.24) is 4.98 Å². The Balaban J connectivity index is 2.06. The molecule has 0 radical (unpaired) electrons. The molecule has 1 aliphatic rings. The van der Waals surface area contributed by atoms with Crippen molar-refractivity contribution in [2.24, 2.45) is 0 Å². The van der Waals surface area contributed by atoms with Gasteiger partial charge in [0.05, 0.1) is 0 Å². The predicted molar refractivity (Wildman–Crippen MR) is 75.8 cm³/mol. The standard InChI is InChI=1S/C17H15N/c1-2-6-12(7-3-1)13-8-4-11-16-17(13)14-9-5-10-15(14)18-16/h1-4,6-8,11,18H,5,9-10H2. The molecule has 1 heteroatoms. The normalized spacial score (nSPS) is 14.0. The molecule has 0 fully saturated rings. The third-order valence-electron chi connectivity index (χ3n) is 3.95. The molecule has 0 spiro atoms. The van der Waals surface area contributed by atoms with Crippen LogP contribution in [-0.4, -0.2) is 4.98 Å². The van der Waals surface area contributed by atoms with Crippen LogP contribution in [0.3, 0.4) is 0 Å². The van der Waals surface area contributed by atoms with Crippen LogP contribution in [0.5, 0.6) is 0 Å². The summed E-state index contributed by atoms with van der Waals surface area (Å²) in [6.07, 6.45) is 3.72. The number of fused-ring (bicyclic) bond motifs is 3. The molecule has 2 aromatic carbocycles. The summed E-state index contributed by atoms with van der Waals surface area (Å²) in [6.45, 7) is 0. The van der Waals surface area contributed by atoms with Crippen molar-refractivity contribution in [2.75, 3.05) is 0 Å². The number of H-pyrrole nitrogens is 1. The lowest BCUT2D eigenvalue weighted by Gasteiger charge is -2.05. The van der Waals surface area contributed by atoms with Crippen molar-refractivity contribution in [3.8, 4) is 11.1 Å². The summed E-state index contributed by atoms with van der Waals surface area (Å²) < 4.78 is 0. The zero-order valence-corrected chi connectivity index (χ0v) is 10.2. The van der Waals surface area contributed by atoms with Crippen molar-refractivity contribution in [1.29, 1.82) is 0 Å².